The Morgan fingerprint density at radius 1 is 0.812 bits per heavy atom. The number of allylic oxidation sites excluding steroid dienone is 2. The number of halogens is 2. The second-order valence-electron chi connectivity index (χ2n) is 12.0. The third-order valence-corrected chi connectivity index (χ3v) is 7.83. The maximum absolute atomic E-state index is 15.2. The average Bonchev–Trinajstić information content (AvgIpc) is 3.40. The van der Waals surface area contributed by atoms with Crippen LogP contribution in [0.1, 0.15) is 66.7 Å². The molecule has 48 heavy (non-hydrogen) atoms. The van der Waals surface area contributed by atoms with Crippen molar-refractivity contribution in [2.75, 3.05) is 6.61 Å². The summed E-state index contributed by atoms with van der Waals surface area (Å²) in [7, 11) is 0. The predicted molar refractivity (Wildman–Crippen MR) is 178 cm³/mol. The lowest BCUT2D eigenvalue weighted by molar-refractivity contribution is -0.147. The molecule has 4 atom stereocenters. The van der Waals surface area contributed by atoms with Gasteiger partial charge in [0.05, 0.1) is 17.2 Å². The van der Waals surface area contributed by atoms with Gasteiger partial charge in [0.1, 0.15) is 18.0 Å². The summed E-state index contributed by atoms with van der Waals surface area (Å²) in [6.07, 6.45) is 6.08. The average molecular weight is 661 g/mol. The molecule has 3 aromatic rings. The van der Waals surface area contributed by atoms with E-state index in [-0.39, 0.29) is 24.9 Å². The Labute approximate surface area is 280 Å². The van der Waals surface area contributed by atoms with Crippen molar-refractivity contribution in [1.29, 1.82) is 0 Å². The molecule has 0 amide bonds. The monoisotopic (exact) mass is 660 g/mol. The molecule has 0 spiro atoms. The molecule has 1 aliphatic carbocycles. The minimum Gasteiger partial charge on any atom is -0.487 e. The molecule has 7 nitrogen and oxygen atoms in total. The lowest BCUT2D eigenvalue weighted by atomic mass is 9.89. The number of para-hydroxylation sites is 1. The van der Waals surface area contributed by atoms with E-state index in [1.807, 2.05) is 12.2 Å². The fourth-order valence-electron chi connectivity index (χ4n) is 5.54. The predicted octanol–water partition coefficient (Wildman–Crippen LogP) is 8.41. The van der Waals surface area contributed by atoms with E-state index in [1.54, 1.807) is 105 Å². The highest BCUT2D eigenvalue weighted by Gasteiger charge is 2.46. The van der Waals surface area contributed by atoms with Crippen LogP contribution in [0.25, 0.3) is 0 Å². The number of unbranched alkanes of at least 4 members (excludes halogenated alkanes) is 1. The summed E-state index contributed by atoms with van der Waals surface area (Å²) in [5.74, 6) is -5.65. The summed E-state index contributed by atoms with van der Waals surface area (Å²) in [4.78, 5) is 38.2. The van der Waals surface area contributed by atoms with Gasteiger partial charge in [0.15, 0.2) is 6.61 Å². The number of ether oxygens (including phenoxy) is 4. The van der Waals surface area contributed by atoms with E-state index in [4.69, 9.17) is 18.9 Å². The van der Waals surface area contributed by atoms with E-state index >= 15 is 8.78 Å². The Morgan fingerprint density at radius 2 is 1.38 bits per heavy atom. The van der Waals surface area contributed by atoms with Gasteiger partial charge in [-0.25, -0.2) is 9.59 Å². The zero-order valence-electron chi connectivity index (χ0n) is 27.2. The number of rotatable bonds is 16. The van der Waals surface area contributed by atoms with Crippen LogP contribution in [0.15, 0.2) is 115 Å². The van der Waals surface area contributed by atoms with Gasteiger partial charge in [0, 0.05) is 24.7 Å². The van der Waals surface area contributed by atoms with Crippen LogP contribution in [0.3, 0.4) is 0 Å². The summed E-state index contributed by atoms with van der Waals surface area (Å²) in [5, 5.41) is 0. The van der Waals surface area contributed by atoms with Gasteiger partial charge < -0.3 is 18.9 Å². The molecule has 0 saturated heterocycles. The first kappa shape index (κ1) is 36.1. The second kappa shape index (κ2) is 17.9. The van der Waals surface area contributed by atoms with Crippen molar-refractivity contribution in [1.82, 2.24) is 0 Å². The SMILES string of the molecule is CC(C)OC(=O)CCCC=CC[C@@H]1[C@@H](C=CC(F)(F)COc2ccccc2)[C@H](OC(=O)c2ccccc2)C[C@@H]1OC(=O)c1ccccc1. The Balaban J connectivity index is 1.55. The Hall–Kier alpha value is -4.79. The van der Waals surface area contributed by atoms with E-state index in [2.05, 4.69) is 0 Å². The van der Waals surface area contributed by atoms with Gasteiger partial charge in [-0.15, -0.1) is 0 Å². The standard InChI is InChI=1S/C39H42F2O7/c1-28(2)46-36(42)23-15-4-3-14-22-32-33(24-25-39(40,41)27-45-31-20-12-7-13-21-31)35(48-38(44)30-18-10-6-11-19-30)26-34(32)47-37(43)29-16-8-5-9-17-29/h3,5-14,16-21,24-25,28,32-35H,4,15,22-23,26-27H2,1-2H3/t32-,33-,34+,35-/m1/s1. The van der Waals surface area contributed by atoms with Gasteiger partial charge >= 0.3 is 17.9 Å². The molecule has 0 radical (unpaired) electrons. The molecule has 9 heteroatoms. The lowest BCUT2D eigenvalue weighted by Crippen LogP contribution is -2.28. The number of esters is 3. The summed E-state index contributed by atoms with van der Waals surface area (Å²) in [6, 6.07) is 25.2. The molecule has 0 unspecified atom stereocenters. The zero-order chi connectivity index (χ0) is 34.4. The zero-order valence-corrected chi connectivity index (χ0v) is 27.2. The van der Waals surface area contributed by atoms with Crippen LogP contribution < -0.4 is 4.74 Å². The normalized spacial score (nSPS) is 19.4. The van der Waals surface area contributed by atoms with Gasteiger partial charge in [0.2, 0.25) is 0 Å². The molecular formula is C39H42F2O7. The third-order valence-electron chi connectivity index (χ3n) is 7.83. The highest BCUT2D eigenvalue weighted by atomic mass is 19.3. The molecule has 0 N–H and O–H groups in total. The Morgan fingerprint density at radius 3 is 1.96 bits per heavy atom. The van der Waals surface area contributed by atoms with Gasteiger partial charge in [-0.1, -0.05) is 72.8 Å². The van der Waals surface area contributed by atoms with Gasteiger partial charge in [-0.05, 0) is 75.6 Å². The van der Waals surface area contributed by atoms with Gasteiger partial charge in [0.25, 0.3) is 5.92 Å². The first-order valence-corrected chi connectivity index (χ1v) is 16.2. The number of carbonyl (C=O) groups excluding carboxylic acids is 3. The minimum absolute atomic E-state index is 0.123. The van der Waals surface area contributed by atoms with E-state index in [0.717, 1.165) is 6.08 Å². The topological polar surface area (TPSA) is 88.1 Å². The van der Waals surface area contributed by atoms with Crippen molar-refractivity contribution >= 4 is 17.9 Å². The highest BCUT2D eigenvalue weighted by molar-refractivity contribution is 5.90. The maximum Gasteiger partial charge on any atom is 0.338 e. The van der Waals surface area contributed by atoms with Crippen molar-refractivity contribution in [3.8, 4) is 5.75 Å². The minimum atomic E-state index is -3.34. The van der Waals surface area contributed by atoms with Crippen LogP contribution in [0.2, 0.25) is 0 Å². The first-order valence-electron chi connectivity index (χ1n) is 16.2. The van der Waals surface area contributed by atoms with Gasteiger partial charge in [-0.2, -0.15) is 8.78 Å². The molecule has 1 saturated carbocycles. The summed E-state index contributed by atoms with van der Waals surface area (Å²) < 4.78 is 52.7. The molecule has 1 fully saturated rings. The molecule has 0 heterocycles. The Bertz CT molecular complexity index is 1510. The molecule has 0 aromatic heterocycles. The quantitative estimate of drug-likeness (QED) is 0.0660. The van der Waals surface area contributed by atoms with E-state index < -0.39 is 48.5 Å². The fourth-order valence-corrected chi connectivity index (χ4v) is 5.54. The molecule has 0 aliphatic heterocycles. The molecule has 1 aliphatic rings. The van der Waals surface area contributed by atoms with Crippen LogP contribution >= 0.6 is 0 Å². The second-order valence-corrected chi connectivity index (χ2v) is 12.0. The van der Waals surface area contributed by atoms with Crippen molar-refractivity contribution < 1.29 is 42.1 Å². The van der Waals surface area contributed by atoms with Crippen LogP contribution in [-0.4, -0.2) is 48.7 Å². The summed E-state index contributed by atoms with van der Waals surface area (Å²) >= 11 is 0. The largest absolute Gasteiger partial charge is 0.487 e. The number of benzene rings is 3. The van der Waals surface area contributed by atoms with E-state index in [9.17, 15) is 14.4 Å². The molecule has 3 aromatic carbocycles. The maximum atomic E-state index is 15.2. The van der Waals surface area contributed by atoms with Crippen molar-refractivity contribution in [3.63, 3.8) is 0 Å². The van der Waals surface area contributed by atoms with Crippen molar-refractivity contribution in [2.45, 2.75) is 70.2 Å². The van der Waals surface area contributed by atoms with Crippen LogP contribution in [0.4, 0.5) is 8.78 Å². The molecule has 0 bridgehead atoms. The molecule has 254 valence electrons. The van der Waals surface area contributed by atoms with Crippen molar-refractivity contribution in [2.24, 2.45) is 11.8 Å². The Kier molecular flexibility index (Phi) is 13.5. The van der Waals surface area contributed by atoms with Crippen molar-refractivity contribution in [3.05, 3.63) is 126 Å². The molecule has 4 rings (SSSR count). The molecular weight excluding hydrogens is 618 g/mol. The first-order chi connectivity index (χ1) is 23.1. The number of hydrogen-bond acceptors (Lipinski definition) is 7. The smallest absolute Gasteiger partial charge is 0.338 e. The van der Waals surface area contributed by atoms with Crippen LogP contribution in [0, 0.1) is 11.8 Å². The van der Waals surface area contributed by atoms with E-state index in [1.165, 1.54) is 6.08 Å². The summed E-state index contributed by atoms with van der Waals surface area (Å²) in [5.41, 5.74) is 0.667. The highest BCUT2D eigenvalue weighted by Crippen LogP contribution is 2.41. The van der Waals surface area contributed by atoms with Crippen LogP contribution in [0.5, 0.6) is 5.75 Å². The summed E-state index contributed by atoms with van der Waals surface area (Å²) in [6.45, 7) is 2.70. The third kappa shape index (κ3) is 11.5. The number of alkyl halides is 2. The lowest BCUT2D eigenvalue weighted by Gasteiger charge is -2.24. The number of hydrogen-bond donors (Lipinski definition) is 0. The van der Waals surface area contributed by atoms with Crippen LogP contribution in [-0.2, 0) is 19.0 Å². The fraction of sp³-hybridized carbons (Fsp3) is 0.359. The number of carbonyl (C=O) groups is 3. The van der Waals surface area contributed by atoms with Gasteiger partial charge in [-0.3, -0.25) is 4.79 Å². The van der Waals surface area contributed by atoms with E-state index in [0.29, 0.717) is 36.1 Å².